The number of carboxylic acids is 1. The highest BCUT2D eigenvalue weighted by Crippen LogP contribution is 2.27. The van der Waals surface area contributed by atoms with Crippen molar-refractivity contribution in [3.63, 3.8) is 0 Å². The molecule has 24 heavy (non-hydrogen) atoms. The number of aliphatic carboxylic acids is 1. The van der Waals surface area contributed by atoms with Gasteiger partial charge in [0.15, 0.2) is 0 Å². The summed E-state index contributed by atoms with van der Waals surface area (Å²) in [4.78, 5) is 22.2. The SMILES string of the molecule is CCCCCC(=O)CCC1CCC(CCCCCCCC(=O)O)O1. The monoisotopic (exact) mass is 340 g/mol. The molecule has 1 aliphatic rings. The van der Waals surface area contributed by atoms with Gasteiger partial charge in [0.25, 0.3) is 0 Å². The largest absolute Gasteiger partial charge is 0.481 e. The topological polar surface area (TPSA) is 63.6 Å². The molecule has 1 rings (SSSR count). The maximum absolute atomic E-state index is 11.8. The molecule has 1 aliphatic heterocycles. The Labute approximate surface area is 147 Å². The molecule has 1 N–H and O–H groups in total. The molecule has 1 fully saturated rings. The zero-order chi connectivity index (χ0) is 17.6. The molecule has 0 saturated carbocycles. The summed E-state index contributed by atoms with van der Waals surface area (Å²) in [7, 11) is 0. The second kappa shape index (κ2) is 13.4. The van der Waals surface area contributed by atoms with E-state index in [9.17, 15) is 9.59 Å². The van der Waals surface area contributed by atoms with Crippen molar-refractivity contribution in [2.45, 2.75) is 115 Å². The molecule has 4 nitrogen and oxygen atoms in total. The highest BCUT2D eigenvalue weighted by atomic mass is 16.5. The summed E-state index contributed by atoms with van der Waals surface area (Å²) >= 11 is 0. The molecule has 140 valence electrons. The van der Waals surface area contributed by atoms with Gasteiger partial charge in [-0.25, -0.2) is 0 Å². The first-order chi connectivity index (χ1) is 11.6. The number of rotatable bonds is 15. The number of carbonyl (C=O) groups is 2. The van der Waals surface area contributed by atoms with Crippen LogP contribution in [-0.2, 0) is 14.3 Å². The molecule has 2 atom stereocenters. The fraction of sp³-hybridized carbons (Fsp3) is 0.900. The van der Waals surface area contributed by atoms with Gasteiger partial charge in [0, 0.05) is 19.3 Å². The smallest absolute Gasteiger partial charge is 0.303 e. The van der Waals surface area contributed by atoms with Crippen molar-refractivity contribution in [2.24, 2.45) is 0 Å². The third-order valence-corrected chi connectivity index (χ3v) is 4.92. The normalized spacial score (nSPS) is 20.4. The van der Waals surface area contributed by atoms with E-state index < -0.39 is 5.97 Å². The minimum atomic E-state index is -0.691. The number of hydrogen-bond acceptors (Lipinski definition) is 3. The van der Waals surface area contributed by atoms with Gasteiger partial charge in [-0.3, -0.25) is 9.59 Å². The minimum Gasteiger partial charge on any atom is -0.481 e. The van der Waals surface area contributed by atoms with Crippen LogP contribution in [0.25, 0.3) is 0 Å². The van der Waals surface area contributed by atoms with Gasteiger partial charge in [0.2, 0.25) is 0 Å². The first-order valence-electron chi connectivity index (χ1n) is 10.0. The van der Waals surface area contributed by atoms with Crippen molar-refractivity contribution < 1.29 is 19.4 Å². The van der Waals surface area contributed by atoms with Crippen LogP contribution in [-0.4, -0.2) is 29.1 Å². The van der Waals surface area contributed by atoms with Crippen molar-refractivity contribution in [2.75, 3.05) is 0 Å². The predicted molar refractivity (Wildman–Crippen MR) is 96.2 cm³/mol. The lowest BCUT2D eigenvalue weighted by molar-refractivity contribution is -0.137. The Morgan fingerprint density at radius 2 is 1.46 bits per heavy atom. The Hall–Kier alpha value is -0.900. The molecule has 2 unspecified atom stereocenters. The van der Waals surface area contributed by atoms with Crippen LogP contribution in [0.5, 0.6) is 0 Å². The van der Waals surface area contributed by atoms with Gasteiger partial charge >= 0.3 is 5.97 Å². The van der Waals surface area contributed by atoms with Crippen molar-refractivity contribution >= 4 is 11.8 Å². The summed E-state index contributed by atoms with van der Waals surface area (Å²) in [6.45, 7) is 2.16. The molecule has 0 amide bonds. The maximum atomic E-state index is 11.8. The van der Waals surface area contributed by atoms with Crippen LogP contribution in [0, 0.1) is 0 Å². The van der Waals surface area contributed by atoms with Crippen molar-refractivity contribution in [3.8, 4) is 0 Å². The molecular formula is C20H36O4. The third-order valence-electron chi connectivity index (χ3n) is 4.92. The Kier molecular flexibility index (Phi) is 11.8. The van der Waals surface area contributed by atoms with Crippen LogP contribution < -0.4 is 0 Å². The van der Waals surface area contributed by atoms with Crippen LogP contribution in [0.15, 0.2) is 0 Å². The molecule has 4 heteroatoms. The Bertz CT molecular complexity index is 354. The van der Waals surface area contributed by atoms with Gasteiger partial charge in [-0.1, -0.05) is 45.4 Å². The highest BCUT2D eigenvalue weighted by molar-refractivity contribution is 5.78. The van der Waals surface area contributed by atoms with Gasteiger partial charge in [0.1, 0.15) is 5.78 Å². The third kappa shape index (κ3) is 10.8. The van der Waals surface area contributed by atoms with E-state index in [2.05, 4.69) is 6.92 Å². The highest BCUT2D eigenvalue weighted by Gasteiger charge is 2.24. The number of carbonyl (C=O) groups excluding carboxylic acids is 1. The average molecular weight is 341 g/mol. The molecule has 0 bridgehead atoms. The first kappa shape index (κ1) is 21.1. The molecule has 0 aromatic heterocycles. The fourth-order valence-corrected chi connectivity index (χ4v) is 3.40. The van der Waals surface area contributed by atoms with Crippen LogP contribution in [0.2, 0.25) is 0 Å². The Morgan fingerprint density at radius 1 is 0.833 bits per heavy atom. The first-order valence-corrected chi connectivity index (χ1v) is 10.0. The van der Waals surface area contributed by atoms with Crippen LogP contribution in [0.3, 0.4) is 0 Å². The predicted octanol–water partition coefficient (Wildman–Crippen LogP) is 5.28. The standard InChI is InChI=1S/C20H36O4/c1-2-3-7-10-17(21)13-14-19-16-15-18(24-19)11-8-5-4-6-9-12-20(22)23/h18-19H,2-16H2,1H3,(H,22,23). The van der Waals surface area contributed by atoms with Gasteiger partial charge < -0.3 is 9.84 Å². The van der Waals surface area contributed by atoms with E-state index in [0.29, 0.717) is 30.8 Å². The van der Waals surface area contributed by atoms with E-state index in [-0.39, 0.29) is 0 Å². The second-order valence-electron chi connectivity index (χ2n) is 7.19. The van der Waals surface area contributed by atoms with Crippen LogP contribution in [0.4, 0.5) is 0 Å². The molecule has 1 heterocycles. The minimum absolute atomic E-state index is 0.292. The summed E-state index contributed by atoms with van der Waals surface area (Å²) < 4.78 is 6.07. The average Bonchev–Trinajstić information content (AvgIpc) is 3.00. The number of carboxylic acid groups (broad SMARTS) is 1. The summed E-state index contributed by atoms with van der Waals surface area (Å²) in [6.07, 6.45) is 15.3. The van der Waals surface area contributed by atoms with E-state index in [1.54, 1.807) is 0 Å². The van der Waals surface area contributed by atoms with E-state index >= 15 is 0 Å². The van der Waals surface area contributed by atoms with Gasteiger partial charge in [-0.05, 0) is 38.5 Å². The van der Waals surface area contributed by atoms with Gasteiger partial charge in [-0.2, -0.15) is 0 Å². The Balaban J connectivity index is 1.95. The number of hydrogen-bond donors (Lipinski definition) is 1. The molecular weight excluding hydrogens is 304 g/mol. The molecule has 0 spiro atoms. The molecule has 0 aromatic carbocycles. The van der Waals surface area contributed by atoms with Crippen LogP contribution in [0.1, 0.15) is 103 Å². The van der Waals surface area contributed by atoms with E-state index in [4.69, 9.17) is 9.84 Å². The molecule has 0 aliphatic carbocycles. The zero-order valence-corrected chi connectivity index (χ0v) is 15.4. The van der Waals surface area contributed by atoms with E-state index in [1.807, 2.05) is 0 Å². The fourth-order valence-electron chi connectivity index (χ4n) is 3.40. The zero-order valence-electron chi connectivity index (χ0n) is 15.4. The van der Waals surface area contributed by atoms with Crippen molar-refractivity contribution in [3.05, 3.63) is 0 Å². The lowest BCUT2D eigenvalue weighted by Crippen LogP contribution is -2.12. The molecule has 0 radical (unpaired) electrons. The molecule has 0 aromatic rings. The number of ether oxygens (including phenoxy) is 1. The van der Waals surface area contributed by atoms with Crippen LogP contribution >= 0.6 is 0 Å². The number of Topliss-reactive ketones (excluding diaryl/α,β-unsaturated/α-hetero) is 1. The summed E-state index contributed by atoms with van der Waals surface area (Å²) in [5.41, 5.74) is 0. The Morgan fingerprint density at radius 3 is 2.17 bits per heavy atom. The van der Waals surface area contributed by atoms with Crippen molar-refractivity contribution in [1.29, 1.82) is 0 Å². The quantitative estimate of drug-likeness (QED) is 0.412. The number of unbranched alkanes of at least 4 members (excludes halogenated alkanes) is 6. The summed E-state index contributed by atoms with van der Waals surface area (Å²) in [5.74, 6) is -0.291. The van der Waals surface area contributed by atoms with E-state index in [1.165, 1.54) is 19.3 Å². The van der Waals surface area contributed by atoms with Gasteiger partial charge in [0.05, 0.1) is 12.2 Å². The lowest BCUT2D eigenvalue weighted by Gasteiger charge is -2.13. The van der Waals surface area contributed by atoms with E-state index in [0.717, 1.165) is 64.2 Å². The van der Waals surface area contributed by atoms with Crippen molar-refractivity contribution in [1.82, 2.24) is 0 Å². The number of ketones is 1. The summed E-state index contributed by atoms with van der Waals surface area (Å²) in [6, 6.07) is 0. The lowest BCUT2D eigenvalue weighted by atomic mass is 10.0. The maximum Gasteiger partial charge on any atom is 0.303 e. The molecule has 1 saturated heterocycles. The second-order valence-corrected chi connectivity index (χ2v) is 7.19. The summed E-state index contributed by atoms with van der Waals surface area (Å²) in [5, 5.41) is 8.58. The van der Waals surface area contributed by atoms with Gasteiger partial charge in [-0.15, -0.1) is 0 Å².